The van der Waals surface area contributed by atoms with E-state index in [2.05, 4.69) is 32.4 Å². The van der Waals surface area contributed by atoms with E-state index < -0.39 is 0 Å². The summed E-state index contributed by atoms with van der Waals surface area (Å²) in [5.41, 5.74) is 0. The molecule has 2 aliphatic heterocycles. The number of rotatable bonds is 5. The van der Waals surface area contributed by atoms with Crippen molar-refractivity contribution in [2.75, 3.05) is 42.9 Å². The zero-order chi connectivity index (χ0) is 13.1. The van der Waals surface area contributed by atoms with Gasteiger partial charge in [0.15, 0.2) is 0 Å². The molecule has 2 aliphatic rings. The van der Waals surface area contributed by atoms with Crippen LogP contribution in [-0.4, -0.2) is 42.7 Å². The predicted octanol–water partition coefficient (Wildman–Crippen LogP) is 1.34. The number of anilines is 2. The first-order valence-corrected chi connectivity index (χ1v) is 7.39. The Kier molecular flexibility index (Phi) is 3.82. The van der Waals surface area contributed by atoms with Crippen LogP contribution in [0, 0.1) is 11.8 Å². The summed E-state index contributed by atoms with van der Waals surface area (Å²) < 4.78 is 0. The van der Waals surface area contributed by atoms with Crippen molar-refractivity contribution in [2.45, 2.75) is 19.8 Å². The standard InChI is InChI=1S/C14H23N5/c1-2-3-5-16-14-17-6-4-13(18-14)19-9-11-7-15-8-12(11)10-19/h4,6,11-12,15H,2-3,5,7-10H2,1H3,(H,16,17,18). The Morgan fingerprint density at radius 1 is 1.37 bits per heavy atom. The Hall–Kier alpha value is -1.36. The maximum absolute atomic E-state index is 4.64. The van der Waals surface area contributed by atoms with Gasteiger partial charge < -0.3 is 15.5 Å². The summed E-state index contributed by atoms with van der Waals surface area (Å²) in [6.45, 7) is 7.72. The molecule has 3 rings (SSSR count). The van der Waals surface area contributed by atoms with E-state index >= 15 is 0 Å². The lowest BCUT2D eigenvalue weighted by Gasteiger charge is -2.18. The third-order valence-corrected chi connectivity index (χ3v) is 4.17. The summed E-state index contributed by atoms with van der Waals surface area (Å²) in [4.78, 5) is 11.3. The molecule has 0 spiro atoms. The second kappa shape index (κ2) is 5.74. The molecule has 0 aliphatic carbocycles. The van der Waals surface area contributed by atoms with Gasteiger partial charge in [0.2, 0.25) is 5.95 Å². The number of hydrogen-bond donors (Lipinski definition) is 2. The Morgan fingerprint density at radius 3 is 2.89 bits per heavy atom. The lowest BCUT2D eigenvalue weighted by atomic mass is 10.0. The first-order valence-electron chi connectivity index (χ1n) is 7.39. The van der Waals surface area contributed by atoms with Crippen molar-refractivity contribution in [3.8, 4) is 0 Å². The van der Waals surface area contributed by atoms with E-state index in [1.165, 1.54) is 6.42 Å². The predicted molar refractivity (Wildman–Crippen MR) is 77.5 cm³/mol. The van der Waals surface area contributed by atoms with Crippen molar-refractivity contribution in [1.29, 1.82) is 0 Å². The molecule has 3 heterocycles. The first-order chi connectivity index (χ1) is 9.36. The smallest absolute Gasteiger partial charge is 0.224 e. The molecule has 19 heavy (non-hydrogen) atoms. The molecule has 0 saturated carbocycles. The summed E-state index contributed by atoms with van der Waals surface area (Å²) in [5.74, 6) is 3.43. The van der Waals surface area contributed by atoms with Gasteiger partial charge in [-0.05, 0) is 24.3 Å². The van der Waals surface area contributed by atoms with Crippen molar-refractivity contribution in [3.63, 3.8) is 0 Å². The van der Waals surface area contributed by atoms with Crippen LogP contribution in [0.1, 0.15) is 19.8 Å². The minimum absolute atomic E-state index is 0.765. The number of nitrogens with zero attached hydrogens (tertiary/aromatic N) is 3. The summed E-state index contributed by atoms with van der Waals surface area (Å²) in [6, 6.07) is 2.03. The second-order valence-corrected chi connectivity index (χ2v) is 5.60. The Bertz CT molecular complexity index is 410. The van der Waals surface area contributed by atoms with E-state index in [0.717, 1.165) is 62.7 Å². The maximum Gasteiger partial charge on any atom is 0.224 e. The Morgan fingerprint density at radius 2 is 2.16 bits per heavy atom. The van der Waals surface area contributed by atoms with Crippen LogP contribution >= 0.6 is 0 Å². The third-order valence-electron chi connectivity index (χ3n) is 4.17. The average Bonchev–Trinajstić information content (AvgIpc) is 3.00. The molecule has 0 bridgehead atoms. The van der Waals surface area contributed by atoms with Gasteiger partial charge in [-0.1, -0.05) is 13.3 Å². The van der Waals surface area contributed by atoms with Gasteiger partial charge in [0.25, 0.3) is 0 Å². The van der Waals surface area contributed by atoms with E-state index in [1.807, 2.05) is 12.3 Å². The number of hydrogen-bond acceptors (Lipinski definition) is 5. The van der Waals surface area contributed by atoms with Crippen LogP contribution < -0.4 is 15.5 Å². The third kappa shape index (κ3) is 2.81. The number of nitrogens with one attached hydrogen (secondary N) is 2. The van der Waals surface area contributed by atoms with Crippen molar-refractivity contribution in [2.24, 2.45) is 11.8 Å². The van der Waals surface area contributed by atoms with Gasteiger partial charge in [-0.15, -0.1) is 0 Å². The van der Waals surface area contributed by atoms with Crippen LogP contribution in [0.3, 0.4) is 0 Å². The van der Waals surface area contributed by atoms with Crippen LogP contribution in [-0.2, 0) is 0 Å². The quantitative estimate of drug-likeness (QED) is 0.784. The number of unbranched alkanes of at least 4 members (excludes halogenated alkanes) is 1. The second-order valence-electron chi connectivity index (χ2n) is 5.60. The summed E-state index contributed by atoms with van der Waals surface area (Å²) in [7, 11) is 0. The molecular weight excluding hydrogens is 238 g/mol. The Balaban J connectivity index is 1.63. The lowest BCUT2D eigenvalue weighted by molar-refractivity contribution is 0.533. The lowest BCUT2D eigenvalue weighted by Crippen LogP contribution is -2.26. The molecule has 1 aromatic rings. The van der Waals surface area contributed by atoms with Gasteiger partial charge in [-0.2, -0.15) is 4.98 Å². The summed E-state index contributed by atoms with van der Waals surface area (Å²) in [6.07, 6.45) is 4.21. The van der Waals surface area contributed by atoms with Crippen LogP contribution in [0.4, 0.5) is 11.8 Å². The van der Waals surface area contributed by atoms with Crippen molar-refractivity contribution in [1.82, 2.24) is 15.3 Å². The van der Waals surface area contributed by atoms with E-state index in [4.69, 9.17) is 0 Å². The monoisotopic (exact) mass is 261 g/mol. The maximum atomic E-state index is 4.64. The highest BCUT2D eigenvalue weighted by Gasteiger charge is 2.36. The van der Waals surface area contributed by atoms with E-state index in [0.29, 0.717) is 0 Å². The topological polar surface area (TPSA) is 53.1 Å². The minimum atomic E-state index is 0.765. The highest BCUT2D eigenvalue weighted by atomic mass is 15.3. The van der Waals surface area contributed by atoms with E-state index in [9.17, 15) is 0 Å². The number of aromatic nitrogens is 2. The van der Waals surface area contributed by atoms with Gasteiger partial charge in [-0.25, -0.2) is 4.98 Å². The fraction of sp³-hybridized carbons (Fsp3) is 0.714. The van der Waals surface area contributed by atoms with E-state index in [-0.39, 0.29) is 0 Å². The van der Waals surface area contributed by atoms with Crippen molar-refractivity contribution < 1.29 is 0 Å². The van der Waals surface area contributed by atoms with Crippen molar-refractivity contribution >= 4 is 11.8 Å². The fourth-order valence-electron chi connectivity index (χ4n) is 3.03. The van der Waals surface area contributed by atoms with Crippen LogP contribution in [0.25, 0.3) is 0 Å². The van der Waals surface area contributed by atoms with Crippen molar-refractivity contribution in [3.05, 3.63) is 12.3 Å². The molecule has 2 saturated heterocycles. The zero-order valence-electron chi connectivity index (χ0n) is 11.6. The SMILES string of the molecule is CCCCNc1nccc(N2CC3CNCC3C2)n1. The molecule has 0 radical (unpaired) electrons. The molecule has 2 fully saturated rings. The minimum Gasteiger partial charge on any atom is -0.356 e. The molecule has 2 atom stereocenters. The largest absolute Gasteiger partial charge is 0.356 e. The van der Waals surface area contributed by atoms with Gasteiger partial charge in [0, 0.05) is 38.9 Å². The average molecular weight is 261 g/mol. The molecule has 5 nitrogen and oxygen atoms in total. The highest BCUT2D eigenvalue weighted by Crippen LogP contribution is 2.29. The van der Waals surface area contributed by atoms with Crippen LogP contribution in [0.15, 0.2) is 12.3 Å². The molecule has 0 amide bonds. The summed E-state index contributed by atoms with van der Waals surface area (Å²) >= 11 is 0. The van der Waals surface area contributed by atoms with Gasteiger partial charge in [-0.3, -0.25) is 0 Å². The molecule has 1 aromatic heterocycles. The molecular formula is C14H23N5. The first kappa shape index (κ1) is 12.7. The van der Waals surface area contributed by atoms with Gasteiger partial charge in [0.1, 0.15) is 5.82 Å². The van der Waals surface area contributed by atoms with Gasteiger partial charge >= 0.3 is 0 Å². The molecule has 2 N–H and O–H groups in total. The molecule has 2 unspecified atom stereocenters. The summed E-state index contributed by atoms with van der Waals surface area (Å²) in [5, 5.41) is 6.77. The van der Waals surface area contributed by atoms with Gasteiger partial charge in [0.05, 0.1) is 0 Å². The number of fused-ring (bicyclic) bond motifs is 1. The molecule has 104 valence electrons. The molecule has 5 heteroatoms. The van der Waals surface area contributed by atoms with E-state index in [1.54, 1.807) is 0 Å². The highest BCUT2D eigenvalue weighted by molar-refractivity contribution is 5.44. The Labute approximate surface area is 114 Å². The van der Waals surface area contributed by atoms with Crippen LogP contribution in [0.2, 0.25) is 0 Å². The fourth-order valence-corrected chi connectivity index (χ4v) is 3.03. The molecule has 0 aromatic carbocycles. The van der Waals surface area contributed by atoms with Crippen LogP contribution in [0.5, 0.6) is 0 Å². The zero-order valence-corrected chi connectivity index (χ0v) is 11.6. The normalized spacial score (nSPS) is 25.6.